The lowest BCUT2D eigenvalue weighted by Gasteiger charge is -2.34. The van der Waals surface area contributed by atoms with Crippen LogP contribution >= 0.6 is 0 Å². The van der Waals surface area contributed by atoms with Gasteiger partial charge in [-0.25, -0.2) is 4.79 Å². The van der Waals surface area contributed by atoms with Gasteiger partial charge in [0.2, 0.25) is 0 Å². The first kappa shape index (κ1) is 33.3. The molecule has 0 N–H and O–H groups in total. The molecule has 236 valence electrons. The molecule has 0 aliphatic carbocycles. The number of esters is 1. The molecule has 0 saturated carbocycles. The first-order valence-electron chi connectivity index (χ1n) is 15.1. The van der Waals surface area contributed by atoms with Gasteiger partial charge in [-0.2, -0.15) is 0 Å². The van der Waals surface area contributed by atoms with Crippen molar-refractivity contribution in [1.29, 1.82) is 0 Å². The highest BCUT2D eigenvalue weighted by atomic mass is 16.7. The molecule has 2 aliphatic rings. The van der Waals surface area contributed by atoms with Crippen molar-refractivity contribution < 1.29 is 38.0 Å². The first-order valence-corrected chi connectivity index (χ1v) is 15.1. The highest BCUT2D eigenvalue weighted by Gasteiger charge is 2.29. The van der Waals surface area contributed by atoms with E-state index in [1.165, 1.54) is 0 Å². The maximum atomic E-state index is 13.3. The molecule has 2 saturated heterocycles. The zero-order valence-electron chi connectivity index (χ0n) is 27.0. The second-order valence-corrected chi connectivity index (χ2v) is 11.8. The molecule has 0 aromatic heterocycles. The zero-order valence-corrected chi connectivity index (χ0v) is 27.0. The van der Waals surface area contributed by atoms with Crippen LogP contribution in [0.25, 0.3) is 0 Å². The zero-order chi connectivity index (χ0) is 32.1. The summed E-state index contributed by atoms with van der Waals surface area (Å²) < 4.78 is 35.9. The van der Waals surface area contributed by atoms with Crippen molar-refractivity contribution in [3.05, 3.63) is 87.5 Å². The van der Waals surface area contributed by atoms with Gasteiger partial charge in [-0.1, -0.05) is 32.0 Å². The minimum Gasteiger partial charge on any atom is -0.457 e. The highest BCUT2D eigenvalue weighted by Crippen LogP contribution is 2.36. The number of carbonyl (C=O) groups is 2. The lowest BCUT2D eigenvalue weighted by Crippen LogP contribution is -2.32. The van der Waals surface area contributed by atoms with Crippen molar-refractivity contribution in [3.8, 4) is 17.2 Å². The van der Waals surface area contributed by atoms with Crippen LogP contribution in [0.4, 0.5) is 0 Å². The Labute approximate surface area is 260 Å². The Bertz CT molecular complexity index is 1450. The third kappa shape index (κ3) is 7.21. The second kappa shape index (κ2) is 14.5. The van der Waals surface area contributed by atoms with Crippen LogP contribution in [0, 0.1) is 39.5 Å². The molecule has 5 rings (SSSR count). The summed E-state index contributed by atoms with van der Waals surface area (Å²) in [4.78, 5) is 21.3. The summed E-state index contributed by atoms with van der Waals surface area (Å²) in [6, 6.07) is 15.0. The lowest BCUT2D eigenvalue weighted by molar-refractivity contribution is -0.233. The average Bonchev–Trinajstić information content (AvgIpc) is 3.02. The predicted molar refractivity (Wildman–Crippen MR) is 167 cm³/mol. The highest BCUT2D eigenvalue weighted by molar-refractivity contribution is 5.93. The van der Waals surface area contributed by atoms with Crippen molar-refractivity contribution in [2.45, 2.75) is 80.2 Å². The molecule has 3 aromatic carbocycles. The number of benzene rings is 3. The van der Waals surface area contributed by atoms with E-state index >= 15 is 0 Å². The molecule has 0 amide bonds. The van der Waals surface area contributed by atoms with E-state index in [0.29, 0.717) is 47.9 Å². The topological polar surface area (TPSA) is 89.5 Å². The van der Waals surface area contributed by atoms with Gasteiger partial charge >= 0.3 is 5.97 Å². The smallest absolute Gasteiger partial charge is 0.343 e. The molecule has 3 aromatic rings. The van der Waals surface area contributed by atoms with Crippen molar-refractivity contribution in [1.82, 2.24) is 0 Å². The largest absolute Gasteiger partial charge is 0.457 e. The van der Waals surface area contributed by atoms with Gasteiger partial charge in [-0.3, -0.25) is 0 Å². The molecule has 6 atom stereocenters. The Balaban J connectivity index is 0.00000216. The van der Waals surface area contributed by atoms with Crippen LogP contribution in [-0.4, -0.2) is 38.2 Å². The molecular weight excluding hydrogens is 560 g/mol. The quantitative estimate of drug-likeness (QED) is 0.207. The van der Waals surface area contributed by atoms with E-state index < -0.39 is 12.3 Å². The maximum absolute atomic E-state index is 13.3. The normalized spacial score (nSPS) is 25.0. The fourth-order valence-electron chi connectivity index (χ4n) is 5.11. The van der Waals surface area contributed by atoms with Crippen LogP contribution in [0.2, 0.25) is 0 Å². The van der Waals surface area contributed by atoms with E-state index in [2.05, 4.69) is 27.7 Å². The summed E-state index contributed by atoms with van der Waals surface area (Å²) in [7, 11) is 0. The average molecular weight is 605 g/mol. The number of hydrogen-bond acceptors (Lipinski definition) is 8. The van der Waals surface area contributed by atoms with E-state index in [4.69, 9.17) is 33.2 Å². The maximum Gasteiger partial charge on any atom is 0.343 e. The monoisotopic (exact) mass is 604 g/mol. The fraction of sp³-hybridized carbons (Fsp3) is 0.444. The summed E-state index contributed by atoms with van der Waals surface area (Å²) in [5, 5.41) is 0. The molecule has 2 heterocycles. The molecule has 2 fully saturated rings. The summed E-state index contributed by atoms with van der Waals surface area (Å²) in [6.45, 7) is 19.5. The molecule has 44 heavy (non-hydrogen) atoms. The van der Waals surface area contributed by atoms with Crippen LogP contribution in [0.1, 0.15) is 84.0 Å². The van der Waals surface area contributed by atoms with Crippen molar-refractivity contribution in [3.63, 3.8) is 0 Å². The Kier molecular flexibility index (Phi) is 11.0. The second-order valence-electron chi connectivity index (χ2n) is 11.8. The summed E-state index contributed by atoms with van der Waals surface area (Å²) in [6.07, 6.45) is -0.559. The van der Waals surface area contributed by atoms with Gasteiger partial charge in [0.25, 0.3) is 0 Å². The number of ether oxygens (including phenoxy) is 6. The Hall–Kier alpha value is -3.56. The third-order valence-corrected chi connectivity index (χ3v) is 8.87. The Morgan fingerprint density at radius 1 is 0.682 bits per heavy atom. The van der Waals surface area contributed by atoms with E-state index in [9.17, 15) is 4.79 Å². The molecule has 6 unspecified atom stereocenters. The number of hydrogen-bond donors (Lipinski definition) is 0. The van der Waals surface area contributed by atoms with Crippen LogP contribution in [-0.2, 0) is 23.7 Å². The van der Waals surface area contributed by atoms with Gasteiger partial charge < -0.3 is 33.2 Å². The minimum atomic E-state index is -0.435. The van der Waals surface area contributed by atoms with E-state index in [0.717, 1.165) is 33.4 Å². The molecule has 0 radical (unpaired) electrons. The van der Waals surface area contributed by atoms with Gasteiger partial charge in [0, 0.05) is 23.0 Å². The van der Waals surface area contributed by atoms with E-state index in [-0.39, 0.29) is 18.5 Å². The number of carbonyl (C=O) groups excluding carboxylic acids is 2. The van der Waals surface area contributed by atoms with Gasteiger partial charge in [0.05, 0.1) is 31.0 Å². The molecule has 8 heteroatoms. The number of rotatable bonds is 6. The van der Waals surface area contributed by atoms with Gasteiger partial charge in [0.1, 0.15) is 24.0 Å². The van der Waals surface area contributed by atoms with Crippen molar-refractivity contribution >= 4 is 12.8 Å². The first-order chi connectivity index (χ1) is 21.0. The minimum absolute atomic E-state index is 0.101. The van der Waals surface area contributed by atoms with Crippen LogP contribution < -0.4 is 9.47 Å². The van der Waals surface area contributed by atoms with E-state index in [1.807, 2.05) is 70.9 Å². The molecular formula is C36H44O8. The standard InChI is InChI=1S/C35H42O7.CH2O/c1-19-17-37-34(39-25(19)7)27-9-11-28(12-10-27)41-31-15-16-32(24(6)23(31)5)42-33(36)29-13-14-30(22(4)21(29)3)35-38-18-20(2)26(8)40-35;1-2/h9-16,19-20,25-26,34-35H,17-18H2,1-8H3;1H2. The Morgan fingerprint density at radius 3 is 1.84 bits per heavy atom. The molecule has 0 bridgehead atoms. The van der Waals surface area contributed by atoms with Gasteiger partial charge in [-0.15, -0.1) is 0 Å². The molecule has 2 aliphatic heterocycles. The summed E-state index contributed by atoms with van der Waals surface area (Å²) in [5.41, 5.74) is 5.95. The SMILES string of the molecule is C=O.Cc1c(OC(=O)c2ccc(C3OCC(C)C(C)O3)c(C)c2C)ccc(Oc2ccc(C3OCC(C)C(C)O3)cc2)c1C. The van der Waals surface area contributed by atoms with Gasteiger partial charge in [-0.05, 0) is 94.1 Å². The van der Waals surface area contributed by atoms with E-state index in [1.54, 1.807) is 12.1 Å². The summed E-state index contributed by atoms with van der Waals surface area (Å²) >= 11 is 0. The Morgan fingerprint density at radius 2 is 1.23 bits per heavy atom. The third-order valence-electron chi connectivity index (χ3n) is 8.87. The van der Waals surface area contributed by atoms with Crippen LogP contribution in [0.3, 0.4) is 0 Å². The van der Waals surface area contributed by atoms with Crippen LogP contribution in [0.5, 0.6) is 17.2 Å². The molecule has 8 nitrogen and oxygen atoms in total. The summed E-state index contributed by atoms with van der Waals surface area (Å²) in [5.74, 6) is 2.19. The fourth-order valence-corrected chi connectivity index (χ4v) is 5.11. The van der Waals surface area contributed by atoms with Crippen molar-refractivity contribution in [2.75, 3.05) is 13.2 Å². The van der Waals surface area contributed by atoms with Crippen molar-refractivity contribution in [2.24, 2.45) is 11.8 Å². The van der Waals surface area contributed by atoms with Crippen LogP contribution in [0.15, 0.2) is 48.5 Å². The van der Waals surface area contributed by atoms with Gasteiger partial charge in [0.15, 0.2) is 12.6 Å². The molecule has 0 spiro atoms. The predicted octanol–water partition coefficient (Wildman–Crippen LogP) is 7.89. The lowest BCUT2D eigenvalue weighted by atomic mass is 9.96.